The molecule has 0 atom stereocenters. The van der Waals surface area contributed by atoms with Gasteiger partial charge in [0.1, 0.15) is 5.76 Å². The van der Waals surface area contributed by atoms with E-state index in [-0.39, 0.29) is 24.4 Å². The Morgan fingerprint density at radius 1 is 1.30 bits per heavy atom. The number of nitrogens with zero attached hydrogens (tertiary/aromatic N) is 5. The van der Waals surface area contributed by atoms with Crippen LogP contribution >= 0.6 is 0 Å². The lowest BCUT2D eigenvalue weighted by Gasteiger charge is -2.17. The lowest BCUT2D eigenvalue weighted by Crippen LogP contribution is -2.35. The zero-order chi connectivity index (χ0) is 19.7. The van der Waals surface area contributed by atoms with Crippen LogP contribution in [0.15, 0.2) is 22.9 Å². The molecule has 0 bridgehead atoms. The molecule has 0 spiro atoms. The van der Waals surface area contributed by atoms with Gasteiger partial charge in [-0.05, 0) is 33.8 Å². The van der Waals surface area contributed by atoms with E-state index >= 15 is 0 Å². The van der Waals surface area contributed by atoms with Gasteiger partial charge in [0, 0.05) is 24.5 Å². The van der Waals surface area contributed by atoms with Gasteiger partial charge >= 0.3 is 0 Å². The van der Waals surface area contributed by atoms with Crippen molar-refractivity contribution < 1.29 is 14.1 Å². The second-order valence-corrected chi connectivity index (χ2v) is 6.75. The average molecular weight is 370 g/mol. The number of aromatic nitrogens is 4. The first-order chi connectivity index (χ1) is 12.8. The third kappa shape index (κ3) is 3.81. The van der Waals surface area contributed by atoms with Crippen molar-refractivity contribution in [1.29, 1.82) is 0 Å². The minimum atomic E-state index is -0.363. The number of rotatable bonds is 5. The summed E-state index contributed by atoms with van der Waals surface area (Å²) in [7, 11) is 1.57. The number of nitrogens with one attached hydrogen (secondary N) is 1. The van der Waals surface area contributed by atoms with Gasteiger partial charge in [0.25, 0.3) is 5.91 Å². The number of carbonyl (C=O) groups excluding carboxylic acids is 2. The summed E-state index contributed by atoms with van der Waals surface area (Å²) < 4.78 is 6.71. The molecule has 142 valence electrons. The highest BCUT2D eigenvalue weighted by Gasteiger charge is 2.20. The Labute approximate surface area is 156 Å². The van der Waals surface area contributed by atoms with Crippen molar-refractivity contribution in [2.24, 2.45) is 0 Å². The van der Waals surface area contributed by atoms with Gasteiger partial charge in [-0.3, -0.25) is 9.59 Å². The van der Waals surface area contributed by atoms with E-state index in [0.717, 1.165) is 11.0 Å². The molecule has 3 aromatic heterocycles. The molecule has 0 saturated heterocycles. The third-order valence-electron chi connectivity index (χ3n) is 4.10. The van der Waals surface area contributed by atoms with E-state index < -0.39 is 0 Å². The first-order valence-electron chi connectivity index (χ1n) is 8.59. The fourth-order valence-electron chi connectivity index (χ4n) is 2.76. The van der Waals surface area contributed by atoms with Crippen LogP contribution in [0, 0.1) is 13.8 Å². The molecule has 1 N–H and O–H groups in total. The molecule has 2 amide bonds. The van der Waals surface area contributed by atoms with Crippen molar-refractivity contribution in [2.45, 2.75) is 33.7 Å². The number of likely N-dealkylation sites (N-methyl/N-ethyl adjacent to an activating group) is 1. The maximum atomic E-state index is 12.8. The van der Waals surface area contributed by atoms with E-state index in [1.165, 1.54) is 4.90 Å². The molecule has 3 heterocycles. The van der Waals surface area contributed by atoms with Crippen LogP contribution in [-0.2, 0) is 4.79 Å². The second-order valence-electron chi connectivity index (χ2n) is 6.75. The predicted octanol–water partition coefficient (Wildman–Crippen LogP) is 2.33. The fraction of sp³-hybridized carbons (Fsp3) is 0.389. The van der Waals surface area contributed by atoms with E-state index in [1.807, 2.05) is 18.5 Å². The summed E-state index contributed by atoms with van der Waals surface area (Å²) in [5.74, 6) is 0.259. The molecule has 0 unspecified atom stereocenters. The largest absolute Gasteiger partial charge is 0.360 e. The predicted molar refractivity (Wildman–Crippen MR) is 99.5 cm³/mol. The van der Waals surface area contributed by atoms with Crippen LogP contribution < -0.4 is 5.32 Å². The van der Waals surface area contributed by atoms with Crippen molar-refractivity contribution in [3.63, 3.8) is 0 Å². The van der Waals surface area contributed by atoms with Gasteiger partial charge in [-0.15, -0.1) is 0 Å². The highest BCUT2D eigenvalue weighted by molar-refractivity contribution is 6.01. The monoisotopic (exact) mass is 370 g/mol. The lowest BCUT2D eigenvalue weighted by atomic mass is 10.1. The molecule has 27 heavy (non-hydrogen) atoms. The second kappa shape index (κ2) is 7.18. The highest BCUT2D eigenvalue weighted by atomic mass is 16.5. The molecular weight excluding hydrogens is 348 g/mol. The van der Waals surface area contributed by atoms with E-state index in [4.69, 9.17) is 4.52 Å². The molecule has 0 radical (unpaired) electrons. The Kier molecular flexibility index (Phi) is 4.93. The smallest absolute Gasteiger partial charge is 0.255 e. The first-order valence-corrected chi connectivity index (χ1v) is 8.59. The molecule has 9 nitrogen and oxygen atoms in total. The van der Waals surface area contributed by atoms with Crippen LogP contribution in [0.4, 0.5) is 5.82 Å². The number of aryl methyl sites for hydroxylation is 2. The summed E-state index contributed by atoms with van der Waals surface area (Å²) in [6, 6.07) is 3.54. The first kappa shape index (κ1) is 18.6. The minimum absolute atomic E-state index is 0.118. The molecular formula is C18H22N6O3. The summed E-state index contributed by atoms with van der Waals surface area (Å²) in [4.78, 5) is 30.8. The molecule has 0 fully saturated rings. The van der Waals surface area contributed by atoms with Crippen LogP contribution in [0.3, 0.4) is 0 Å². The number of anilines is 1. The van der Waals surface area contributed by atoms with Crippen molar-refractivity contribution in [3.8, 4) is 0 Å². The quantitative estimate of drug-likeness (QED) is 0.739. The van der Waals surface area contributed by atoms with Crippen molar-refractivity contribution in [1.82, 2.24) is 24.8 Å². The van der Waals surface area contributed by atoms with Crippen molar-refractivity contribution in [2.75, 3.05) is 18.9 Å². The fourth-order valence-corrected chi connectivity index (χ4v) is 2.76. The van der Waals surface area contributed by atoms with E-state index in [9.17, 15) is 9.59 Å². The molecule has 0 aliphatic rings. The normalized spacial score (nSPS) is 11.2. The standard InChI is InChI=1S/C18H22N6O3/c1-10(2)24-17-13(8-19-24)7-14(12(4)20-17)18(26)23(5)9-16(25)21-15-6-11(3)27-22-15/h6-8,10H,9H2,1-5H3,(H,21,22,25). The van der Waals surface area contributed by atoms with E-state index in [0.29, 0.717) is 22.8 Å². The van der Waals surface area contributed by atoms with Crippen LogP contribution in [0.25, 0.3) is 11.0 Å². The van der Waals surface area contributed by atoms with Gasteiger partial charge < -0.3 is 14.7 Å². The Hall–Kier alpha value is -3.23. The van der Waals surface area contributed by atoms with Crippen LogP contribution in [-0.4, -0.2) is 50.2 Å². The minimum Gasteiger partial charge on any atom is -0.360 e. The van der Waals surface area contributed by atoms with E-state index in [2.05, 4.69) is 20.6 Å². The van der Waals surface area contributed by atoms with Gasteiger partial charge in [-0.2, -0.15) is 5.10 Å². The zero-order valence-electron chi connectivity index (χ0n) is 16.0. The van der Waals surface area contributed by atoms with E-state index in [1.54, 1.807) is 39.2 Å². The van der Waals surface area contributed by atoms with Crippen molar-refractivity contribution >= 4 is 28.7 Å². The maximum absolute atomic E-state index is 12.8. The van der Waals surface area contributed by atoms with Gasteiger partial charge in [-0.25, -0.2) is 9.67 Å². The number of hydrogen-bond acceptors (Lipinski definition) is 6. The molecule has 0 aromatic carbocycles. The number of carbonyl (C=O) groups is 2. The lowest BCUT2D eigenvalue weighted by molar-refractivity contribution is -0.116. The zero-order valence-corrected chi connectivity index (χ0v) is 16.0. The number of amides is 2. The van der Waals surface area contributed by atoms with Gasteiger partial charge in [0.05, 0.1) is 24.0 Å². The third-order valence-corrected chi connectivity index (χ3v) is 4.10. The summed E-state index contributed by atoms with van der Waals surface area (Å²) in [6.45, 7) is 7.42. The van der Waals surface area contributed by atoms with Crippen LogP contribution in [0.5, 0.6) is 0 Å². The number of pyridine rings is 1. The van der Waals surface area contributed by atoms with Crippen molar-refractivity contribution in [3.05, 3.63) is 35.3 Å². The Bertz CT molecular complexity index is 1000. The van der Waals surface area contributed by atoms with Gasteiger partial charge in [0.2, 0.25) is 5.91 Å². The summed E-state index contributed by atoms with van der Waals surface area (Å²) in [5, 5.41) is 11.4. The van der Waals surface area contributed by atoms with Gasteiger partial charge in [0.15, 0.2) is 11.5 Å². The van der Waals surface area contributed by atoms with Crippen LogP contribution in [0.2, 0.25) is 0 Å². The number of fused-ring (bicyclic) bond motifs is 1. The Balaban J connectivity index is 1.76. The highest BCUT2D eigenvalue weighted by Crippen LogP contribution is 2.20. The SMILES string of the molecule is Cc1cc(NC(=O)CN(C)C(=O)c2cc3cnn(C(C)C)c3nc2C)no1. The molecule has 9 heteroatoms. The topological polar surface area (TPSA) is 106 Å². The molecule has 0 saturated carbocycles. The van der Waals surface area contributed by atoms with Gasteiger partial charge in [-0.1, -0.05) is 5.16 Å². The number of hydrogen-bond donors (Lipinski definition) is 1. The molecule has 0 aliphatic carbocycles. The summed E-state index contributed by atoms with van der Waals surface area (Å²) in [5.41, 5.74) is 1.77. The molecule has 3 rings (SSSR count). The maximum Gasteiger partial charge on any atom is 0.255 e. The average Bonchev–Trinajstić information content (AvgIpc) is 3.18. The summed E-state index contributed by atoms with van der Waals surface area (Å²) in [6.07, 6.45) is 1.69. The Morgan fingerprint density at radius 3 is 2.67 bits per heavy atom. The molecule has 0 aliphatic heterocycles. The molecule has 3 aromatic rings. The summed E-state index contributed by atoms with van der Waals surface area (Å²) >= 11 is 0. The Morgan fingerprint density at radius 2 is 2.04 bits per heavy atom. The van der Waals surface area contributed by atoms with Crippen LogP contribution in [0.1, 0.15) is 41.7 Å².